The first-order valence-electron chi connectivity index (χ1n) is 26.9. The first-order valence-corrected chi connectivity index (χ1v) is 29.9. The molecular formula is C55H78BF3N6O9S3. The van der Waals surface area contributed by atoms with Crippen LogP contribution in [-0.2, 0) is 45.9 Å². The van der Waals surface area contributed by atoms with Crippen LogP contribution in [0.3, 0.4) is 0 Å². The Morgan fingerprint density at radius 1 is 0.701 bits per heavy atom. The summed E-state index contributed by atoms with van der Waals surface area (Å²) in [5.41, 5.74) is -2.46. The van der Waals surface area contributed by atoms with Crippen molar-refractivity contribution in [1.82, 2.24) is 29.6 Å². The monoisotopic (exact) mass is 1130 g/mol. The van der Waals surface area contributed by atoms with Crippen molar-refractivity contribution in [2.45, 2.75) is 162 Å². The summed E-state index contributed by atoms with van der Waals surface area (Å²) < 4.78 is 88.9. The zero-order valence-corrected chi connectivity index (χ0v) is 49.3. The molecule has 2 atom stereocenters. The van der Waals surface area contributed by atoms with Gasteiger partial charge in [0.2, 0.25) is 5.88 Å². The number of hydrogen-bond acceptors (Lipinski definition) is 15. The summed E-state index contributed by atoms with van der Waals surface area (Å²) in [4.78, 5) is 42.3. The van der Waals surface area contributed by atoms with Crippen LogP contribution in [0.5, 0.6) is 0 Å². The summed E-state index contributed by atoms with van der Waals surface area (Å²) in [5, 5.41) is 2.43. The fourth-order valence-corrected chi connectivity index (χ4v) is 11.6. The van der Waals surface area contributed by atoms with Crippen molar-refractivity contribution < 1.29 is 54.1 Å². The van der Waals surface area contributed by atoms with E-state index in [1.807, 2.05) is 32.1 Å². The van der Waals surface area contributed by atoms with Crippen LogP contribution >= 0.6 is 22.7 Å². The van der Waals surface area contributed by atoms with Crippen LogP contribution in [0.2, 0.25) is 0 Å². The molecule has 424 valence electrons. The maximum Gasteiger partial charge on any atom is 0.534 e. The number of carbonyl (C=O) groups excluding carboxylic acids is 2. The van der Waals surface area contributed by atoms with E-state index in [9.17, 15) is 31.2 Å². The zero-order chi connectivity index (χ0) is 56.3. The van der Waals surface area contributed by atoms with E-state index >= 15 is 0 Å². The highest BCUT2D eigenvalue weighted by Gasteiger charge is 2.52. The molecule has 0 unspecified atom stereocenters. The maximum absolute atomic E-state index is 12.9. The molecule has 0 bridgehead atoms. The fraction of sp³-hybridized carbons (Fsp3) is 0.636. The molecule has 9 rings (SSSR count). The predicted molar refractivity (Wildman–Crippen MR) is 299 cm³/mol. The maximum atomic E-state index is 12.9. The molecule has 0 spiro atoms. The molecule has 15 nitrogen and oxygen atoms in total. The Kier molecular flexibility index (Phi) is 19.0. The average Bonchev–Trinajstić information content (AvgIpc) is 4.22. The number of carbonyl (C=O) groups is 2. The molecule has 22 heteroatoms. The topological polar surface area (TPSA) is 153 Å². The number of fused-ring (bicyclic) bond motifs is 2. The second kappa shape index (κ2) is 24.2. The van der Waals surface area contributed by atoms with Crippen molar-refractivity contribution in [2.75, 3.05) is 52.4 Å². The Balaban J connectivity index is 0.000000170. The van der Waals surface area contributed by atoms with Gasteiger partial charge < -0.3 is 32.8 Å². The Hall–Kier alpha value is -4.32. The third-order valence-electron chi connectivity index (χ3n) is 14.1. The third kappa shape index (κ3) is 16.2. The van der Waals surface area contributed by atoms with Crippen LogP contribution in [0.4, 0.5) is 22.8 Å². The Morgan fingerprint density at radius 2 is 1.16 bits per heavy atom. The highest BCUT2D eigenvalue weighted by Crippen LogP contribution is 2.38. The van der Waals surface area contributed by atoms with Crippen LogP contribution in [0.25, 0.3) is 26.1 Å². The minimum Gasteiger partial charge on any atom is -0.443 e. The van der Waals surface area contributed by atoms with Crippen LogP contribution in [0.15, 0.2) is 54.4 Å². The van der Waals surface area contributed by atoms with Crippen LogP contribution < -0.4 is 5.46 Å². The highest BCUT2D eigenvalue weighted by atomic mass is 32.2. The molecule has 5 aliphatic heterocycles. The molecular weight excluding hydrogens is 1050 g/mol. The number of rotatable bonds is 10. The van der Waals surface area contributed by atoms with Gasteiger partial charge in [0.15, 0.2) is 0 Å². The van der Waals surface area contributed by atoms with Gasteiger partial charge in [-0.2, -0.15) is 21.6 Å². The van der Waals surface area contributed by atoms with Crippen molar-refractivity contribution in [3.05, 3.63) is 70.0 Å². The highest BCUT2D eigenvalue weighted by molar-refractivity contribution is 7.87. The van der Waals surface area contributed by atoms with Gasteiger partial charge in [-0.3, -0.25) is 4.90 Å². The van der Waals surface area contributed by atoms with Crippen LogP contribution in [0, 0.1) is 11.8 Å². The van der Waals surface area contributed by atoms with Gasteiger partial charge in [0.1, 0.15) is 11.2 Å². The first kappa shape index (κ1) is 60.3. The summed E-state index contributed by atoms with van der Waals surface area (Å²) in [7, 11) is -6.16. The van der Waals surface area contributed by atoms with Crippen LogP contribution in [-0.4, -0.2) is 138 Å². The molecule has 2 aromatic heterocycles. The molecule has 4 aromatic rings. The molecule has 0 radical (unpaired) electrons. The third-order valence-corrected chi connectivity index (χ3v) is 17.2. The Labute approximate surface area is 461 Å². The number of ether oxygens (including phenoxy) is 2. The number of allylic oxidation sites excluding steroid dienone is 2. The number of aromatic nitrogens is 2. The van der Waals surface area contributed by atoms with Crippen molar-refractivity contribution in [1.29, 1.82) is 0 Å². The molecule has 0 N–H and O–H groups in total. The number of alkyl halides is 3. The molecule has 3 saturated heterocycles. The largest absolute Gasteiger partial charge is 0.534 e. The number of amides is 2. The van der Waals surface area contributed by atoms with Crippen molar-refractivity contribution >= 4 is 83.7 Å². The van der Waals surface area contributed by atoms with Gasteiger partial charge in [0, 0.05) is 44.6 Å². The molecule has 0 aliphatic carbocycles. The van der Waals surface area contributed by atoms with Gasteiger partial charge >= 0.3 is 34.9 Å². The van der Waals surface area contributed by atoms with Gasteiger partial charge in [-0.1, -0.05) is 32.1 Å². The summed E-state index contributed by atoms with van der Waals surface area (Å²) in [6.07, 6.45) is 10.7. The lowest BCUT2D eigenvalue weighted by molar-refractivity contribution is -0.0546. The number of nitrogens with zero attached hydrogens (tertiary/aromatic N) is 6. The van der Waals surface area contributed by atoms with E-state index in [0.29, 0.717) is 12.5 Å². The van der Waals surface area contributed by atoms with E-state index in [1.54, 1.807) is 43.9 Å². The second-order valence-electron chi connectivity index (χ2n) is 23.8. The summed E-state index contributed by atoms with van der Waals surface area (Å²) in [6.45, 7) is 30.6. The van der Waals surface area contributed by atoms with Gasteiger partial charge in [0.05, 0.1) is 47.3 Å². The standard InChI is InChI=1S/C24H33N3O2S.C19H27BN2O2S.C12H18F3NO5S/c1-17-7-9-20(27(16-17)23(28)29-24(2,3)4)18-8-10-21-19(15-18)25-22(30-21)11-14-26-12-5-6-13-26;1-18(2)19(3,4)24-20(23-18)14-7-8-16-15(13-14)21-17(25-16)9-12-22-10-5-6-11-22;1-8-5-6-9(21-22(18,19)12(13,14)15)16(7-8)10(17)20-11(2,3)4/h8-10,15,17H,5-7,11-14,16H2,1-4H3;7-8,13H,5-6,9-12H2,1-4H3;6,8H,5,7H2,1-4H3/t17-;;8-/m0.0/s1. The lowest BCUT2D eigenvalue weighted by Gasteiger charge is -2.33. The molecule has 5 aliphatic rings. The number of likely N-dealkylation sites (tertiary alicyclic amines) is 2. The summed E-state index contributed by atoms with van der Waals surface area (Å²) >= 11 is 3.60. The molecule has 0 saturated carbocycles. The molecule has 7 heterocycles. The lowest BCUT2D eigenvalue weighted by atomic mass is 9.79. The Bertz CT molecular complexity index is 2870. The number of halogens is 3. The number of hydrogen-bond donors (Lipinski definition) is 0. The van der Waals surface area contributed by atoms with E-state index in [2.05, 4.69) is 91.1 Å². The normalized spacial score (nSPS) is 21.3. The summed E-state index contributed by atoms with van der Waals surface area (Å²) in [5.74, 6) is -0.348. The zero-order valence-electron chi connectivity index (χ0n) is 46.9. The first-order chi connectivity index (χ1) is 35.8. The summed E-state index contributed by atoms with van der Waals surface area (Å²) in [6, 6.07) is 12.8. The number of benzene rings is 2. The van der Waals surface area contributed by atoms with E-state index in [1.165, 1.54) is 71.3 Å². The quantitative estimate of drug-likeness (QED) is 0.0842. The van der Waals surface area contributed by atoms with Crippen molar-refractivity contribution in [3.8, 4) is 0 Å². The SMILES string of the molecule is CC1(C)OB(c2ccc3sc(CCN4CCCC4)nc3c2)OC1(C)C.C[C@H]1CC=C(OS(=O)(=O)C(F)(F)F)N(C(=O)OC(C)(C)C)C1.C[C@H]1CC=C(c2ccc3sc(CCN4CCCC4)nc3c2)N(C(=O)OC(C)(C)C)C1. The minimum absolute atomic E-state index is 0.00583. The van der Waals surface area contributed by atoms with Gasteiger partial charge in [-0.05, 0) is 182 Å². The van der Waals surface area contributed by atoms with Crippen molar-refractivity contribution in [3.63, 3.8) is 0 Å². The lowest BCUT2D eigenvalue weighted by Crippen LogP contribution is -2.42. The molecule has 2 aromatic carbocycles. The predicted octanol–water partition coefficient (Wildman–Crippen LogP) is 11.8. The smallest absolute Gasteiger partial charge is 0.443 e. The second-order valence-corrected chi connectivity index (χ2v) is 27.6. The molecule has 3 fully saturated rings. The number of thiazole rings is 2. The van der Waals surface area contributed by atoms with Crippen LogP contribution in [0.1, 0.15) is 137 Å². The van der Waals surface area contributed by atoms with E-state index < -0.39 is 38.8 Å². The van der Waals surface area contributed by atoms with Gasteiger partial charge in [-0.25, -0.2) is 24.5 Å². The van der Waals surface area contributed by atoms with E-state index in [4.69, 9.17) is 28.8 Å². The molecule has 77 heavy (non-hydrogen) atoms. The van der Waals surface area contributed by atoms with Crippen molar-refractivity contribution in [2.24, 2.45) is 11.8 Å². The Morgan fingerprint density at radius 3 is 1.65 bits per heavy atom. The van der Waals surface area contributed by atoms with Gasteiger partial charge in [-0.15, -0.1) is 22.7 Å². The van der Waals surface area contributed by atoms with E-state index in [0.717, 1.165) is 71.1 Å². The van der Waals surface area contributed by atoms with E-state index in [-0.39, 0.29) is 43.3 Å². The van der Waals surface area contributed by atoms with Gasteiger partial charge in [0.25, 0.3) is 0 Å². The minimum atomic E-state index is -5.84. The molecule has 2 amide bonds. The average molecular weight is 1130 g/mol. The fourth-order valence-electron chi connectivity index (χ4n) is 9.27.